The minimum Gasteiger partial charge on any atom is -0.372 e. The van der Waals surface area contributed by atoms with Gasteiger partial charge in [0, 0.05) is 18.7 Å². The summed E-state index contributed by atoms with van der Waals surface area (Å²) in [5, 5.41) is 13.3. The minimum atomic E-state index is -5.05. The molecule has 2 fully saturated rings. The Labute approximate surface area is 230 Å². The van der Waals surface area contributed by atoms with E-state index in [4.69, 9.17) is 4.74 Å². The zero-order valence-corrected chi connectivity index (χ0v) is 22.9. The Bertz CT molecular complexity index is 1290. The molecule has 1 N–H and O–H groups in total. The summed E-state index contributed by atoms with van der Waals surface area (Å²) in [6.07, 6.45) is -9.56. The summed E-state index contributed by atoms with van der Waals surface area (Å²) in [7, 11) is -3.58. The highest BCUT2D eigenvalue weighted by atomic mass is 32.2. The van der Waals surface area contributed by atoms with E-state index in [0.717, 1.165) is 5.56 Å². The molecule has 0 bridgehead atoms. The van der Waals surface area contributed by atoms with E-state index >= 15 is 0 Å². The van der Waals surface area contributed by atoms with Crippen LogP contribution in [0.1, 0.15) is 38.7 Å². The van der Waals surface area contributed by atoms with Crippen molar-refractivity contribution in [1.82, 2.24) is 9.62 Å². The fourth-order valence-electron chi connectivity index (χ4n) is 4.82. The van der Waals surface area contributed by atoms with Crippen molar-refractivity contribution in [3.63, 3.8) is 0 Å². The van der Waals surface area contributed by atoms with Gasteiger partial charge < -0.3 is 10.1 Å². The quantitative estimate of drug-likeness (QED) is 0.318. The van der Waals surface area contributed by atoms with Gasteiger partial charge in [0.1, 0.15) is 5.54 Å². The van der Waals surface area contributed by atoms with E-state index in [-0.39, 0.29) is 49.9 Å². The second-order valence-electron chi connectivity index (χ2n) is 10.1. The number of alkyl halides is 6. The number of allylic oxidation sites excluding steroid dienone is 3. The molecule has 2 aliphatic heterocycles. The van der Waals surface area contributed by atoms with Crippen molar-refractivity contribution >= 4 is 10.0 Å². The van der Waals surface area contributed by atoms with Crippen molar-refractivity contribution in [2.75, 3.05) is 25.4 Å². The van der Waals surface area contributed by atoms with Crippen LogP contribution >= 0.6 is 0 Å². The number of hydrogen-bond donors (Lipinski definition) is 1. The molecule has 0 spiro atoms. The monoisotopic (exact) mass is 591 g/mol. The normalized spacial score (nSPS) is 27.3. The number of nitrogens with one attached hydrogen (secondary N) is 1. The molecule has 0 amide bonds. The van der Waals surface area contributed by atoms with Crippen LogP contribution in [0.2, 0.25) is 0 Å². The Morgan fingerprint density at radius 2 is 1.82 bits per heavy atom. The molecule has 40 heavy (non-hydrogen) atoms. The SMILES string of the molecule is C=C(/C=C(\C=C(/C)C(F)(F)F)C(F)(F)F)[C@@H](C)OC[C@@]1(c2ccccc2)CC[C@](C#N)(N2CCCS2(=O)=O)CN1. The average molecular weight is 592 g/mol. The lowest BCUT2D eigenvalue weighted by Crippen LogP contribution is -2.64. The standard InChI is InChI=1S/C27H31F6N3O3S/c1-19(14-23(27(31,32)33)15-20(2)26(28,29)30)21(3)39-18-25(22-8-5-4-6-9-22)11-10-24(16-34,17-35-25)36-12-7-13-40(36,37)38/h4-6,8-9,14-15,21,35H,1,7,10-13,17-18H2,2-3H3/b20-15+,23-14+/t21-,24-,25-/m1/s1. The van der Waals surface area contributed by atoms with E-state index in [9.17, 15) is 40.0 Å². The summed E-state index contributed by atoms with van der Waals surface area (Å²) in [6, 6.07) is 11.2. The predicted octanol–water partition coefficient (Wildman–Crippen LogP) is 5.52. The van der Waals surface area contributed by atoms with Crippen LogP contribution in [0.25, 0.3) is 0 Å². The summed E-state index contributed by atoms with van der Waals surface area (Å²) < 4.78 is 111. The molecule has 13 heteroatoms. The first-order chi connectivity index (χ1) is 18.5. The maximum atomic E-state index is 13.5. The van der Waals surface area contributed by atoms with Gasteiger partial charge in [-0.25, -0.2) is 8.42 Å². The van der Waals surface area contributed by atoms with Crippen molar-refractivity contribution < 1.29 is 39.5 Å². The summed E-state index contributed by atoms with van der Waals surface area (Å²) >= 11 is 0. The highest BCUT2D eigenvalue weighted by molar-refractivity contribution is 7.89. The molecule has 2 heterocycles. The minimum absolute atomic E-state index is 0.00402. The summed E-state index contributed by atoms with van der Waals surface area (Å²) in [5.74, 6) is -0.0336. The third-order valence-electron chi connectivity index (χ3n) is 7.39. The van der Waals surface area contributed by atoms with Crippen LogP contribution < -0.4 is 5.32 Å². The van der Waals surface area contributed by atoms with E-state index in [1.54, 1.807) is 18.2 Å². The lowest BCUT2D eigenvalue weighted by Gasteiger charge is -2.47. The van der Waals surface area contributed by atoms with E-state index in [0.29, 0.717) is 19.4 Å². The third kappa shape index (κ3) is 6.97. The zero-order valence-electron chi connectivity index (χ0n) is 22.1. The molecule has 3 rings (SSSR count). The topological polar surface area (TPSA) is 82.4 Å². The molecule has 0 aliphatic carbocycles. The molecule has 220 valence electrons. The highest BCUT2D eigenvalue weighted by Gasteiger charge is 2.52. The lowest BCUT2D eigenvalue weighted by molar-refractivity contribution is -0.0954. The molecular formula is C27H31F6N3O3S. The lowest BCUT2D eigenvalue weighted by atomic mass is 9.76. The van der Waals surface area contributed by atoms with Gasteiger partial charge in [0.05, 0.1) is 35.6 Å². The van der Waals surface area contributed by atoms with Gasteiger partial charge in [-0.15, -0.1) is 0 Å². The molecule has 0 radical (unpaired) electrons. The Hall–Kier alpha value is -2.66. The average Bonchev–Trinajstić information content (AvgIpc) is 3.25. The number of nitriles is 1. The number of benzene rings is 1. The second-order valence-corrected chi connectivity index (χ2v) is 12.2. The molecule has 2 saturated heterocycles. The molecule has 2 aliphatic rings. The van der Waals surface area contributed by atoms with Crippen molar-refractivity contribution in [1.29, 1.82) is 5.26 Å². The van der Waals surface area contributed by atoms with Crippen LogP contribution in [0.5, 0.6) is 0 Å². The Morgan fingerprint density at radius 1 is 1.18 bits per heavy atom. The van der Waals surface area contributed by atoms with E-state index in [1.165, 1.54) is 11.2 Å². The van der Waals surface area contributed by atoms with E-state index in [2.05, 4.69) is 18.0 Å². The van der Waals surface area contributed by atoms with Gasteiger partial charge in [-0.2, -0.15) is 35.9 Å². The molecule has 1 aromatic carbocycles. The largest absolute Gasteiger partial charge is 0.416 e. The van der Waals surface area contributed by atoms with E-state index in [1.807, 2.05) is 12.1 Å². The van der Waals surface area contributed by atoms with Crippen LogP contribution in [0.15, 0.2) is 65.8 Å². The van der Waals surface area contributed by atoms with Gasteiger partial charge >= 0.3 is 12.4 Å². The van der Waals surface area contributed by atoms with Crippen LogP contribution in [0.4, 0.5) is 26.3 Å². The summed E-state index contributed by atoms with van der Waals surface area (Å²) in [6.45, 7) is 5.73. The van der Waals surface area contributed by atoms with Gasteiger partial charge in [-0.1, -0.05) is 36.9 Å². The number of piperidine rings is 1. The maximum absolute atomic E-state index is 13.5. The number of nitrogens with zero attached hydrogens (tertiary/aromatic N) is 2. The number of ether oxygens (including phenoxy) is 1. The zero-order chi connectivity index (χ0) is 30.0. The van der Waals surface area contributed by atoms with Crippen LogP contribution in [0, 0.1) is 11.3 Å². The number of sulfonamides is 1. The fourth-order valence-corrected chi connectivity index (χ4v) is 6.67. The van der Waals surface area contributed by atoms with Gasteiger partial charge in [-0.3, -0.25) is 0 Å². The Morgan fingerprint density at radius 3 is 2.30 bits per heavy atom. The van der Waals surface area contributed by atoms with Crippen LogP contribution in [-0.4, -0.2) is 62.2 Å². The number of halogens is 6. The third-order valence-corrected chi connectivity index (χ3v) is 9.39. The molecule has 0 aromatic heterocycles. The smallest absolute Gasteiger partial charge is 0.372 e. The van der Waals surface area contributed by atoms with Gasteiger partial charge in [0.15, 0.2) is 0 Å². The van der Waals surface area contributed by atoms with Crippen molar-refractivity contribution in [3.05, 3.63) is 71.3 Å². The van der Waals surface area contributed by atoms with Crippen LogP contribution in [0.3, 0.4) is 0 Å². The van der Waals surface area contributed by atoms with Crippen LogP contribution in [-0.2, 0) is 20.3 Å². The first-order valence-corrected chi connectivity index (χ1v) is 14.1. The predicted molar refractivity (Wildman–Crippen MR) is 137 cm³/mol. The number of rotatable bonds is 8. The summed E-state index contributed by atoms with van der Waals surface area (Å²) in [5.41, 5.74) is -4.56. The van der Waals surface area contributed by atoms with Gasteiger partial charge in [0.2, 0.25) is 10.0 Å². The molecular weight excluding hydrogens is 560 g/mol. The first kappa shape index (κ1) is 31.9. The van der Waals surface area contributed by atoms with Crippen molar-refractivity contribution in [3.8, 4) is 6.07 Å². The highest BCUT2D eigenvalue weighted by Crippen LogP contribution is 2.40. The fraction of sp³-hybridized carbons (Fsp3) is 0.519. The van der Waals surface area contributed by atoms with Gasteiger partial charge in [-0.05, 0) is 56.4 Å². The Kier molecular flexibility index (Phi) is 9.30. The Balaban J connectivity index is 1.84. The molecule has 3 atom stereocenters. The maximum Gasteiger partial charge on any atom is 0.416 e. The van der Waals surface area contributed by atoms with Gasteiger partial charge in [0.25, 0.3) is 0 Å². The second kappa shape index (κ2) is 11.7. The van der Waals surface area contributed by atoms with Crippen molar-refractivity contribution in [2.24, 2.45) is 0 Å². The van der Waals surface area contributed by atoms with E-state index < -0.39 is 50.7 Å². The molecule has 0 unspecified atom stereocenters. The summed E-state index contributed by atoms with van der Waals surface area (Å²) in [4.78, 5) is 0. The molecule has 1 aromatic rings. The first-order valence-electron chi connectivity index (χ1n) is 12.5. The van der Waals surface area contributed by atoms with Crippen molar-refractivity contribution in [2.45, 2.75) is 62.6 Å². The number of hydrogen-bond acceptors (Lipinski definition) is 5. The molecule has 6 nitrogen and oxygen atoms in total. The molecule has 0 saturated carbocycles.